The van der Waals surface area contributed by atoms with Crippen LogP contribution in [0.4, 0.5) is 0 Å². The molecule has 96 valence electrons. The average molecular weight is 242 g/mol. The van der Waals surface area contributed by atoms with E-state index in [9.17, 15) is 0 Å². The third-order valence-corrected chi connectivity index (χ3v) is 5.25. The maximum absolute atomic E-state index is 5.12. The van der Waals surface area contributed by atoms with E-state index in [2.05, 4.69) is 36.4 Å². The molecule has 0 aromatic heterocycles. The number of ether oxygens (including phenoxy) is 1. The molecule has 4 rings (SSSR count). The molecular weight excluding hydrogens is 220 g/mol. The smallest absolute Gasteiger partial charge is 0.0790 e. The van der Waals surface area contributed by atoms with E-state index in [0.717, 1.165) is 0 Å². The number of allylic oxidation sites excluding steroid dienone is 1. The lowest BCUT2D eigenvalue weighted by Crippen LogP contribution is -2.43. The Kier molecular flexibility index (Phi) is 2.93. The highest BCUT2D eigenvalue weighted by Gasteiger charge is 2.47. The molecule has 3 saturated carbocycles. The van der Waals surface area contributed by atoms with Gasteiger partial charge in [0.05, 0.1) is 13.4 Å². The van der Waals surface area contributed by atoms with Crippen LogP contribution >= 0.6 is 0 Å². The van der Waals surface area contributed by atoms with E-state index in [-0.39, 0.29) is 0 Å². The third-order valence-electron chi connectivity index (χ3n) is 5.25. The first-order chi connectivity index (χ1) is 8.79. The molecule has 0 spiro atoms. The van der Waals surface area contributed by atoms with Crippen LogP contribution in [-0.2, 0) is 10.2 Å². The summed E-state index contributed by atoms with van der Waals surface area (Å²) in [6.07, 6.45) is 12.2. The second-order valence-electron chi connectivity index (χ2n) is 6.05. The van der Waals surface area contributed by atoms with Crippen molar-refractivity contribution in [2.45, 2.75) is 43.9 Å². The standard InChI is InChI=1S/C17H22O/c1-18-14-13-16-7-10-17(11-8-16,12-9-16)15-5-3-2-4-6-15/h2-6,13-14H,7-12H2,1H3. The minimum Gasteiger partial charge on any atom is -0.505 e. The second-order valence-corrected chi connectivity index (χ2v) is 6.05. The number of rotatable bonds is 3. The Morgan fingerprint density at radius 1 is 0.944 bits per heavy atom. The van der Waals surface area contributed by atoms with Crippen molar-refractivity contribution in [2.75, 3.05) is 7.11 Å². The van der Waals surface area contributed by atoms with Crippen LogP contribution in [0.5, 0.6) is 0 Å². The van der Waals surface area contributed by atoms with E-state index in [4.69, 9.17) is 4.74 Å². The van der Waals surface area contributed by atoms with E-state index in [1.807, 2.05) is 6.26 Å². The van der Waals surface area contributed by atoms with E-state index in [1.165, 1.54) is 38.5 Å². The summed E-state index contributed by atoms with van der Waals surface area (Å²) in [4.78, 5) is 0. The predicted octanol–water partition coefficient (Wildman–Crippen LogP) is 4.44. The molecule has 0 aliphatic heterocycles. The molecule has 1 aromatic carbocycles. The fourth-order valence-corrected chi connectivity index (χ4v) is 3.90. The van der Waals surface area contributed by atoms with Gasteiger partial charge in [-0.25, -0.2) is 0 Å². The molecule has 3 aliphatic carbocycles. The lowest BCUT2D eigenvalue weighted by atomic mass is 9.52. The van der Waals surface area contributed by atoms with Crippen LogP contribution in [0.2, 0.25) is 0 Å². The predicted molar refractivity (Wildman–Crippen MR) is 74.4 cm³/mol. The molecule has 1 nitrogen and oxygen atoms in total. The largest absolute Gasteiger partial charge is 0.505 e. The fourth-order valence-electron chi connectivity index (χ4n) is 3.90. The van der Waals surface area contributed by atoms with Crippen LogP contribution < -0.4 is 0 Å². The van der Waals surface area contributed by atoms with Crippen molar-refractivity contribution in [3.8, 4) is 0 Å². The van der Waals surface area contributed by atoms with Crippen molar-refractivity contribution in [1.29, 1.82) is 0 Å². The van der Waals surface area contributed by atoms with Gasteiger partial charge in [-0.15, -0.1) is 0 Å². The maximum atomic E-state index is 5.12. The first-order valence-corrected chi connectivity index (χ1v) is 7.05. The van der Waals surface area contributed by atoms with Crippen LogP contribution in [-0.4, -0.2) is 7.11 Å². The Morgan fingerprint density at radius 3 is 2.11 bits per heavy atom. The van der Waals surface area contributed by atoms with E-state index in [0.29, 0.717) is 10.8 Å². The Hall–Kier alpha value is -1.24. The van der Waals surface area contributed by atoms with Crippen molar-refractivity contribution < 1.29 is 4.74 Å². The van der Waals surface area contributed by atoms with Gasteiger partial charge >= 0.3 is 0 Å². The van der Waals surface area contributed by atoms with Crippen molar-refractivity contribution in [1.82, 2.24) is 0 Å². The zero-order chi connectivity index (χ0) is 12.5. The molecule has 0 N–H and O–H groups in total. The van der Waals surface area contributed by atoms with Gasteiger partial charge in [0.15, 0.2) is 0 Å². The highest BCUT2D eigenvalue weighted by atomic mass is 16.5. The number of hydrogen-bond acceptors (Lipinski definition) is 1. The van der Waals surface area contributed by atoms with Crippen LogP contribution in [0.3, 0.4) is 0 Å². The normalized spacial score (nSPS) is 34.9. The number of methoxy groups -OCH3 is 1. The Bertz CT molecular complexity index is 408. The minimum atomic E-state index is 0.437. The van der Waals surface area contributed by atoms with E-state index >= 15 is 0 Å². The average Bonchev–Trinajstić information content (AvgIpc) is 2.48. The van der Waals surface area contributed by atoms with Gasteiger partial charge in [-0.05, 0) is 61.0 Å². The van der Waals surface area contributed by atoms with E-state index in [1.54, 1.807) is 12.7 Å². The van der Waals surface area contributed by atoms with Gasteiger partial charge in [0.25, 0.3) is 0 Å². The lowest BCUT2D eigenvalue weighted by Gasteiger charge is -2.52. The molecule has 0 unspecified atom stereocenters. The molecule has 1 heteroatoms. The topological polar surface area (TPSA) is 9.23 Å². The highest BCUT2D eigenvalue weighted by molar-refractivity contribution is 5.29. The molecule has 0 atom stereocenters. The molecule has 3 aliphatic rings. The van der Waals surface area contributed by atoms with Gasteiger partial charge in [0, 0.05) is 0 Å². The van der Waals surface area contributed by atoms with Crippen molar-refractivity contribution in [3.05, 3.63) is 48.2 Å². The molecule has 1 aromatic rings. The van der Waals surface area contributed by atoms with Crippen LogP contribution in [0.1, 0.15) is 44.1 Å². The van der Waals surface area contributed by atoms with Crippen molar-refractivity contribution >= 4 is 0 Å². The van der Waals surface area contributed by atoms with Crippen LogP contribution in [0.15, 0.2) is 42.7 Å². The summed E-state index contributed by atoms with van der Waals surface area (Å²) >= 11 is 0. The lowest BCUT2D eigenvalue weighted by molar-refractivity contribution is 0.0768. The minimum absolute atomic E-state index is 0.437. The molecule has 0 radical (unpaired) electrons. The monoisotopic (exact) mass is 242 g/mol. The third kappa shape index (κ3) is 1.86. The number of fused-ring (bicyclic) bond motifs is 3. The van der Waals surface area contributed by atoms with Gasteiger partial charge in [0.1, 0.15) is 0 Å². The number of hydrogen-bond donors (Lipinski definition) is 0. The summed E-state index contributed by atoms with van der Waals surface area (Å²) < 4.78 is 5.12. The molecule has 18 heavy (non-hydrogen) atoms. The van der Waals surface area contributed by atoms with Gasteiger partial charge in [0.2, 0.25) is 0 Å². The quantitative estimate of drug-likeness (QED) is 0.712. The zero-order valence-corrected chi connectivity index (χ0v) is 11.2. The van der Waals surface area contributed by atoms with E-state index < -0.39 is 0 Å². The molecule has 0 heterocycles. The summed E-state index contributed by atoms with van der Waals surface area (Å²) in [5.41, 5.74) is 2.48. The molecule has 2 bridgehead atoms. The Labute approximate surface area is 110 Å². The molecule has 3 fully saturated rings. The first kappa shape index (κ1) is 11.8. The van der Waals surface area contributed by atoms with Crippen LogP contribution in [0.25, 0.3) is 0 Å². The van der Waals surface area contributed by atoms with Crippen LogP contribution in [0, 0.1) is 5.41 Å². The SMILES string of the molecule is COC=CC12CCC(c3ccccc3)(CC1)CC2. The fraction of sp³-hybridized carbons (Fsp3) is 0.529. The first-order valence-electron chi connectivity index (χ1n) is 7.05. The summed E-state index contributed by atoms with van der Waals surface area (Å²) in [7, 11) is 1.74. The zero-order valence-electron chi connectivity index (χ0n) is 11.2. The molecular formula is C17H22O. The van der Waals surface area contributed by atoms with Gasteiger partial charge in [-0.3, -0.25) is 0 Å². The second kappa shape index (κ2) is 4.46. The highest BCUT2D eigenvalue weighted by Crippen LogP contribution is 2.58. The van der Waals surface area contributed by atoms with Gasteiger partial charge in [-0.1, -0.05) is 30.3 Å². The molecule has 0 saturated heterocycles. The van der Waals surface area contributed by atoms with Crippen molar-refractivity contribution in [3.63, 3.8) is 0 Å². The summed E-state index contributed by atoms with van der Waals surface area (Å²) in [6.45, 7) is 0. The summed E-state index contributed by atoms with van der Waals surface area (Å²) in [5, 5.41) is 0. The Balaban J connectivity index is 1.81. The molecule has 0 amide bonds. The number of benzene rings is 1. The maximum Gasteiger partial charge on any atom is 0.0790 e. The summed E-state index contributed by atoms with van der Waals surface area (Å²) in [6, 6.07) is 11.1. The Morgan fingerprint density at radius 2 is 1.56 bits per heavy atom. The summed E-state index contributed by atoms with van der Waals surface area (Å²) in [5.74, 6) is 0. The van der Waals surface area contributed by atoms with Crippen molar-refractivity contribution in [2.24, 2.45) is 5.41 Å². The van der Waals surface area contributed by atoms with Gasteiger partial charge < -0.3 is 4.74 Å². The van der Waals surface area contributed by atoms with Gasteiger partial charge in [-0.2, -0.15) is 0 Å².